The number of rotatable bonds is 8. The molecule has 0 spiro atoms. The Morgan fingerprint density at radius 2 is 1.97 bits per heavy atom. The van der Waals surface area contributed by atoms with Gasteiger partial charge in [-0.25, -0.2) is 9.18 Å². The number of aryl methyl sites for hydroxylation is 1. The molecule has 1 atom stereocenters. The molecule has 0 saturated heterocycles. The number of amides is 1. The summed E-state index contributed by atoms with van der Waals surface area (Å²) in [6.07, 6.45) is 2.83. The average Bonchev–Trinajstić information content (AvgIpc) is 3.52. The van der Waals surface area contributed by atoms with Gasteiger partial charge < -0.3 is 14.3 Å². The summed E-state index contributed by atoms with van der Waals surface area (Å²) in [7, 11) is 0. The van der Waals surface area contributed by atoms with E-state index in [2.05, 4.69) is 20.6 Å². The summed E-state index contributed by atoms with van der Waals surface area (Å²) in [4.78, 5) is 42.0. The van der Waals surface area contributed by atoms with Crippen LogP contribution in [0.15, 0.2) is 61.2 Å². The minimum atomic E-state index is -0.745. The van der Waals surface area contributed by atoms with E-state index in [1.807, 2.05) is 13.0 Å². The predicted octanol–water partition coefficient (Wildman–Crippen LogP) is 1.95. The maximum atomic E-state index is 13.3. The summed E-state index contributed by atoms with van der Waals surface area (Å²) < 4.78 is 25.5. The number of halogens is 1. The van der Waals surface area contributed by atoms with Crippen molar-refractivity contribution >= 4 is 5.91 Å². The van der Waals surface area contributed by atoms with E-state index in [0.717, 1.165) is 27.1 Å². The smallest absolute Gasteiger partial charge is 0.352 e. The molecule has 34 heavy (non-hydrogen) atoms. The number of hydrogen-bond acceptors (Lipinski definition) is 8. The molecule has 1 amide bonds. The van der Waals surface area contributed by atoms with E-state index in [4.69, 9.17) is 8.94 Å². The number of furan rings is 1. The third-order valence-electron chi connectivity index (χ3n) is 5.06. The number of nitrogens with zero attached hydrogens (tertiary/aromatic N) is 5. The second-order valence-corrected chi connectivity index (χ2v) is 7.48. The van der Waals surface area contributed by atoms with Crippen LogP contribution in [0.3, 0.4) is 0 Å². The van der Waals surface area contributed by atoms with Gasteiger partial charge in [0.15, 0.2) is 5.69 Å². The van der Waals surface area contributed by atoms with Gasteiger partial charge in [-0.1, -0.05) is 5.16 Å². The molecule has 0 radical (unpaired) electrons. The van der Waals surface area contributed by atoms with E-state index < -0.39 is 23.0 Å². The second-order valence-electron chi connectivity index (χ2n) is 7.48. The highest BCUT2D eigenvalue weighted by Crippen LogP contribution is 2.11. The fraction of sp³-hybridized carbons (Fsp3) is 0.273. The fourth-order valence-corrected chi connectivity index (χ4v) is 3.27. The van der Waals surface area contributed by atoms with Crippen molar-refractivity contribution in [3.8, 4) is 17.2 Å². The van der Waals surface area contributed by atoms with Gasteiger partial charge in [0.1, 0.15) is 11.6 Å². The lowest BCUT2D eigenvalue weighted by molar-refractivity contribution is 0.0893. The van der Waals surface area contributed by atoms with E-state index in [9.17, 15) is 18.8 Å². The molecular formula is C22H21FN6O5. The topological polar surface area (TPSA) is 138 Å². The molecule has 0 aliphatic heterocycles. The normalized spacial score (nSPS) is 12.0. The van der Waals surface area contributed by atoms with Gasteiger partial charge in [-0.15, -0.1) is 0 Å². The minimum absolute atomic E-state index is 0.0484. The highest BCUT2D eigenvalue weighted by atomic mass is 19.1. The van der Waals surface area contributed by atoms with Crippen LogP contribution in [-0.2, 0) is 13.0 Å². The van der Waals surface area contributed by atoms with Crippen LogP contribution in [-0.4, -0.2) is 36.4 Å². The Morgan fingerprint density at radius 3 is 2.65 bits per heavy atom. The molecule has 0 bridgehead atoms. The van der Waals surface area contributed by atoms with Crippen LogP contribution in [0.25, 0.3) is 17.2 Å². The van der Waals surface area contributed by atoms with E-state index in [-0.39, 0.29) is 35.7 Å². The van der Waals surface area contributed by atoms with Crippen LogP contribution in [0.5, 0.6) is 0 Å². The molecule has 11 nitrogen and oxygen atoms in total. The summed E-state index contributed by atoms with van der Waals surface area (Å²) in [5.41, 5.74) is -1.51. The Hall–Kier alpha value is -4.35. The first-order valence-corrected chi connectivity index (χ1v) is 10.5. The lowest BCUT2D eigenvalue weighted by Gasteiger charge is -2.11. The molecule has 4 rings (SSSR count). The highest BCUT2D eigenvalue weighted by Gasteiger charge is 2.23. The number of carbonyl (C=O) groups is 1. The Morgan fingerprint density at radius 1 is 1.21 bits per heavy atom. The van der Waals surface area contributed by atoms with Gasteiger partial charge in [0.25, 0.3) is 5.56 Å². The first kappa shape index (κ1) is 22.8. The first-order chi connectivity index (χ1) is 16.4. The fourth-order valence-electron chi connectivity index (χ4n) is 3.27. The van der Waals surface area contributed by atoms with Crippen molar-refractivity contribution in [3.05, 3.63) is 81.0 Å². The van der Waals surface area contributed by atoms with Gasteiger partial charge in [-0.05, 0) is 56.7 Å². The van der Waals surface area contributed by atoms with Gasteiger partial charge >= 0.3 is 17.5 Å². The number of nitrogens with one attached hydrogen (secondary N) is 1. The van der Waals surface area contributed by atoms with Crippen molar-refractivity contribution in [2.75, 3.05) is 0 Å². The van der Waals surface area contributed by atoms with Crippen molar-refractivity contribution < 1.29 is 18.1 Å². The van der Waals surface area contributed by atoms with Gasteiger partial charge in [-0.2, -0.15) is 14.8 Å². The van der Waals surface area contributed by atoms with Crippen LogP contribution in [0.2, 0.25) is 0 Å². The number of hydrogen-bond donors (Lipinski definition) is 1. The van der Waals surface area contributed by atoms with Gasteiger partial charge in [-0.3, -0.25) is 14.2 Å². The summed E-state index contributed by atoms with van der Waals surface area (Å²) in [5.74, 6) is -0.919. The largest absolute Gasteiger partial charge is 0.469 e. The molecule has 0 aliphatic rings. The van der Waals surface area contributed by atoms with Crippen molar-refractivity contribution in [2.24, 2.45) is 0 Å². The summed E-state index contributed by atoms with van der Waals surface area (Å²) >= 11 is 0. The molecule has 176 valence electrons. The molecule has 3 aromatic heterocycles. The van der Waals surface area contributed by atoms with Crippen LogP contribution in [0.4, 0.5) is 4.39 Å². The average molecular weight is 468 g/mol. The van der Waals surface area contributed by atoms with Crippen molar-refractivity contribution in [1.82, 2.24) is 29.8 Å². The van der Waals surface area contributed by atoms with E-state index >= 15 is 0 Å². The number of benzene rings is 1. The maximum Gasteiger partial charge on any atom is 0.352 e. The molecule has 0 aliphatic carbocycles. The van der Waals surface area contributed by atoms with Crippen LogP contribution in [0, 0.1) is 5.82 Å². The van der Waals surface area contributed by atoms with Crippen LogP contribution in [0.1, 0.15) is 36.7 Å². The lowest BCUT2D eigenvalue weighted by atomic mass is 10.1. The molecule has 0 fully saturated rings. The summed E-state index contributed by atoms with van der Waals surface area (Å²) in [5, 5.41) is 10.5. The monoisotopic (exact) mass is 468 g/mol. The molecule has 1 aromatic carbocycles. The van der Waals surface area contributed by atoms with Crippen LogP contribution < -0.4 is 16.6 Å². The van der Waals surface area contributed by atoms with Gasteiger partial charge in [0, 0.05) is 19.0 Å². The highest BCUT2D eigenvalue weighted by molar-refractivity contribution is 5.90. The zero-order valence-electron chi connectivity index (χ0n) is 18.4. The maximum absolute atomic E-state index is 13.3. The SMILES string of the molecule is CCn1c(=O)c(-c2noc(C(=O)NC(C)CCc3ccco3)n2)nn(-c2ccc(F)cc2)c1=O. The summed E-state index contributed by atoms with van der Waals surface area (Å²) in [6.45, 7) is 3.48. The Kier molecular flexibility index (Phi) is 6.48. The molecule has 4 aromatic rings. The lowest BCUT2D eigenvalue weighted by Crippen LogP contribution is -2.41. The van der Waals surface area contributed by atoms with Gasteiger partial charge in [0.2, 0.25) is 5.82 Å². The predicted molar refractivity (Wildman–Crippen MR) is 117 cm³/mol. The van der Waals surface area contributed by atoms with E-state index in [0.29, 0.717) is 12.8 Å². The zero-order valence-corrected chi connectivity index (χ0v) is 18.4. The zero-order chi connectivity index (χ0) is 24.2. The molecule has 1 N–H and O–H groups in total. The van der Waals surface area contributed by atoms with E-state index in [1.165, 1.54) is 12.1 Å². The third-order valence-corrected chi connectivity index (χ3v) is 5.06. The van der Waals surface area contributed by atoms with Gasteiger partial charge in [0.05, 0.1) is 12.0 Å². The molecule has 0 saturated carbocycles. The molecule has 3 heterocycles. The quantitative estimate of drug-likeness (QED) is 0.414. The Balaban J connectivity index is 1.59. The Labute approximate surface area is 191 Å². The van der Waals surface area contributed by atoms with Crippen molar-refractivity contribution in [3.63, 3.8) is 0 Å². The number of carbonyl (C=O) groups excluding carboxylic acids is 1. The molecular weight excluding hydrogens is 447 g/mol. The molecule has 1 unspecified atom stereocenters. The standard InChI is InChI=1S/C22H21FN6O5/c1-3-28-21(31)17(26-29(22(28)32)15-9-7-14(23)8-10-15)18-25-20(34-27-18)19(30)24-13(2)6-11-16-5-4-12-33-16/h4-5,7-10,12-13H,3,6,11H2,1-2H3,(H,24,30). The van der Waals surface area contributed by atoms with Crippen molar-refractivity contribution in [1.29, 1.82) is 0 Å². The third kappa shape index (κ3) is 4.70. The Bertz CT molecular complexity index is 1410. The number of aromatic nitrogens is 5. The summed E-state index contributed by atoms with van der Waals surface area (Å²) in [6, 6.07) is 8.43. The van der Waals surface area contributed by atoms with Crippen molar-refractivity contribution in [2.45, 2.75) is 39.3 Å². The first-order valence-electron chi connectivity index (χ1n) is 10.5. The van der Waals surface area contributed by atoms with Crippen LogP contribution >= 0.6 is 0 Å². The van der Waals surface area contributed by atoms with E-state index in [1.54, 1.807) is 19.3 Å². The molecule has 12 heteroatoms. The minimum Gasteiger partial charge on any atom is -0.469 e. The second kappa shape index (κ2) is 9.65.